The molecule has 10 heteroatoms. The van der Waals surface area contributed by atoms with E-state index in [-0.39, 0.29) is 12.3 Å². The van der Waals surface area contributed by atoms with Gasteiger partial charge < -0.3 is 9.52 Å². The molecule has 1 N–H and O–H groups in total. The van der Waals surface area contributed by atoms with Crippen molar-refractivity contribution in [3.05, 3.63) is 34.0 Å². The second-order valence-electron chi connectivity index (χ2n) is 3.45. The molecule has 0 unspecified atom stereocenters. The van der Waals surface area contributed by atoms with Crippen LogP contribution in [0.2, 0.25) is 0 Å². The maximum absolute atomic E-state index is 12.8. The lowest BCUT2D eigenvalue weighted by atomic mass is 10.3. The van der Waals surface area contributed by atoms with Crippen LogP contribution in [0.25, 0.3) is 0 Å². The van der Waals surface area contributed by atoms with E-state index in [9.17, 15) is 18.0 Å². The monoisotopic (exact) mass is 339 g/mol. The van der Waals surface area contributed by atoms with Gasteiger partial charge in [-0.25, -0.2) is 9.48 Å². The zero-order valence-electron chi connectivity index (χ0n) is 8.98. The van der Waals surface area contributed by atoms with Crippen LogP contribution in [0.1, 0.15) is 21.9 Å². The van der Waals surface area contributed by atoms with Crippen LogP contribution in [-0.2, 0) is 12.7 Å². The summed E-state index contributed by atoms with van der Waals surface area (Å²) in [4.78, 5) is 10.7. The van der Waals surface area contributed by atoms with Gasteiger partial charge in [0, 0.05) is 0 Å². The first-order valence-corrected chi connectivity index (χ1v) is 5.56. The van der Waals surface area contributed by atoms with Crippen molar-refractivity contribution in [2.24, 2.45) is 0 Å². The van der Waals surface area contributed by atoms with Gasteiger partial charge in [-0.3, -0.25) is 0 Å². The van der Waals surface area contributed by atoms with Crippen molar-refractivity contribution < 1.29 is 27.5 Å². The average Bonchev–Trinajstić information content (AvgIpc) is 2.84. The Labute approximate surface area is 111 Å². The molecule has 102 valence electrons. The van der Waals surface area contributed by atoms with Crippen LogP contribution in [-0.4, -0.2) is 26.1 Å². The number of furan rings is 1. The van der Waals surface area contributed by atoms with Gasteiger partial charge in [0.15, 0.2) is 10.4 Å². The summed E-state index contributed by atoms with van der Waals surface area (Å²) in [6.07, 6.45) is -4.87. The number of nitrogens with zero attached hydrogens (tertiary/aromatic N) is 3. The van der Waals surface area contributed by atoms with Gasteiger partial charge in [0.1, 0.15) is 12.3 Å². The molecule has 0 saturated carbocycles. The lowest BCUT2D eigenvalue weighted by Gasteiger charge is -2.08. The van der Waals surface area contributed by atoms with Gasteiger partial charge in [-0.1, -0.05) is 5.21 Å². The first-order chi connectivity index (χ1) is 8.79. The van der Waals surface area contributed by atoms with E-state index in [1.54, 1.807) is 0 Å². The van der Waals surface area contributed by atoms with Crippen LogP contribution >= 0.6 is 15.9 Å². The van der Waals surface area contributed by atoms with Crippen molar-refractivity contribution in [2.45, 2.75) is 12.7 Å². The predicted molar refractivity (Wildman–Crippen MR) is 57.5 cm³/mol. The topological polar surface area (TPSA) is 81.1 Å². The highest BCUT2D eigenvalue weighted by atomic mass is 79.9. The highest BCUT2D eigenvalue weighted by Gasteiger charge is 2.41. The van der Waals surface area contributed by atoms with Crippen LogP contribution < -0.4 is 0 Å². The van der Waals surface area contributed by atoms with E-state index in [0.29, 0.717) is 9.35 Å². The van der Waals surface area contributed by atoms with Crippen molar-refractivity contribution in [1.82, 2.24) is 15.0 Å². The Balaban J connectivity index is 2.43. The van der Waals surface area contributed by atoms with Crippen LogP contribution in [0.4, 0.5) is 13.2 Å². The molecular formula is C9H5BrF3N3O3. The van der Waals surface area contributed by atoms with E-state index in [1.165, 1.54) is 12.1 Å². The summed E-state index contributed by atoms with van der Waals surface area (Å²) in [5.41, 5.74) is -2.56. The third-order valence-corrected chi connectivity index (χ3v) is 2.57. The number of carbonyl (C=O) groups is 1. The average molecular weight is 340 g/mol. The first kappa shape index (κ1) is 13.6. The number of halogens is 4. The largest absolute Gasteiger partial charge is 0.476 e. The normalized spacial score (nSPS) is 11.8. The summed E-state index contributed by atoms with van der Waals surface area (Å²) >= 11 is 3.00. The third-order valence-electron chi connectivity index (χ3n) is 2.14. The number of aromatic nitrogens is 3. The molecule has 0 amide bonds. The zero-order valence-corrected chi connectivity index (χ0v) is 10.6. The molecule has 0 fully saturated rings. The predicted octanol–water partition coefficient (Wildman–Crippen LogP) is 2.40. The molecule has 2 aromatic heterocycles. The maximum Gasteiger partial charge on any atom is 0.435 e. The van der Waals surface area contributed by atoms with Crippen molar-refractivity contribution in [3.63, 3.8) is 0 Å². The van der Waals surface area contributed by atoms with E-state index in [2.05, 4.69) is 26.2 Å². The Morgan fingerprint density at radius 2 is 2.16 bits per heavy atom. The lowest BCUT2D eigenvalue weighted by Crippen LogP contribution is -2.18. The minimum absolute atomic E-state index is 0.180. The zero-order chi connectivity index (χ0) is 14.2. The summed E-state index contributed by atoms with van der Waals surface area (Å²) in [5.74, 6) is -1.61. The standard InChI is InChI=1S/C9H5BrF3N3O3/c10-5-2-1-4(19-5)3-16-7(9(11,12)13)6(8(17)18)14-15-16/h1-2H,3H2,(H,17,18). The van der Waals surface area contributed by atoms with Gasteiger partial charge in [0.2, 0.25) is 5.69 Å². The number of carboxylic acid groups (broad SMARTS) is 1. The Morgan fingerprint density at radius 1 is 1.47 bits per heavy atom. The molecule has 19 heavy (non-hydrogen) atoms. The number of alkyl halides is 3. The minimum atomic E-state index is -4.87. The van der Waals surface area contributed by atoms with Crippen molar-refractivity contribution in [3.8, 4) is 0 Å². The Morgan fingerprint density at radius 3 is 2.63 bits per heavy atom. The van der Waals surface area contributed by atoms with Gasteiger partial charge in [-0.05, 0) is 28.1 Å². The minimum Gasteiger partial charge on any atom is -0.476 e. The Bertz CT molecular complexity index is 620. The van der Waals surface area contributed by atoms with Gasteiger partial charge in [0.25, 0.3) is 0 Å². The fourth-order valence-corrected chi connectivity index (χ4v) is 1.77. The van der Waals surface area contributed by atoms with Crippen molar-refractivity contribution in [1.29, 1.82) is 0 Å². The molecule has 0 aromatic carbocycles. The molecule has 0 aliphatic rings. The quantitative estimate of drug-likeness (QED) is 0.928. The molecular weight excluding hydrogens is 335 g/mol. The fraction of sp³-hybridized carbons (Fsp3) is 0.222. The molecule has 0 atom stereocenters. The molecule has 0 bridgehead atoms. The van der Waals surface area contributed by atoms with Crippen LogP contribution in [0, 0.1) is 0 Å². The van der Waals surface area contributed by atoms with E-state index in [0.717, 1.165) is 0 Å². The Hall–Kier alpha value is -1.84. The molecule has 2 rings (SSSR count). The third kappa shape index (κ3) is 2.78. The van der Waals surface area contributed by atoms with Crippen LogP contribution in [0.15, 0.2) is 21.2 Å². The van der Waals surface area contributed by atoms with E-state index >= 15 is 0 Å². The van der Waals surface area contributed by atoms with Crippen molar-refractivity contribution >= 4 is 21.9 Å². The highest BCUT2D eigenvalue weighted by Crippen LogP contribution is 2.31. The number of aromatic carboxylic acids is 1. The van der Waals surface area contributed by atoms with Gasteiger partial charge in [-0.2, -0.15) is 13.2 Å². The van der Waals surface area contributed by atoms with Crippen LogP contribution in [0.3, 0.4) is 0 Å². The number of carboxylic acids is 1. The summed E-state index contributed by atoms with van der Waals surface area (Å²) in [7, 11) is 0. The molecule has 2 heterocycles. The lowest BCUT2D eigenvalue weighted by molar-refractivity contribution is -0.144. The molecule has 0 aliphatic heterocycles. The summed E-state index contributed by atoms with van der Waals surface area (Å²) in [6, 6.07) is 2.93. The summed E-state index contributed by atoms with van der Waals surface area (Å²) < 4.78 is 44.2. The summed E-state index contributed by atoms with van der Waals surface area (Å²) in [6.45, 7) is -0.374. The molecule has 2 aromatic rings. The highest BCUT2D eigenvalue weighted by molar-refractivity contribution is 9.10. The maximum atomic E-state index is 12.8. The number of hydrogen-bond donors (Lipinski definition) is 1. The molecule has 0 saturated heterocycles. The molecule has 0 radical (unpaired) electrons. The van der Waals surface area contributed by atoms with Crippen LogP contribution in [0.5, 0.6) is 0 Å². The summed E-state index contributed by atoms with van der Waals surface area (Å²) in [5, 5.41) is 14.9. The van der Waals surface area contributed by atoms with Gasteiger partial charge in [-0.15, -0.1) is 5.10 Å². The van der Waals surface area contributed by atoms with E-state index in [1.807, 2.05) is 0 Å². The fourth-order valence-electron chi connectivity index (χ4n) is 1.43. The van der Waals surface area contributed by atoms with Crippen molar-refractivity contribution in [2.75, 3.05) is 0 Å². The Kier molecular flexibility index (Phi) is 3.35. The molecule has 0 aliphatic carbocycles. The SMILES string of the molecule is O=C(O)c1nnn(Cc2ccc(Br)o2)c1C(F)(F)F. The second-order valence-corrected chi connectivity index (χ2v) is 4.23. The smallest absolute Gasteiger partial charge is 0.435 e. The van der Waals surface area contributed by atoms with Gasteiger partial charge in [0.05, 0.1) is 0 Å². The number of rotatable bonds is 3. The number of hydrogen-bond acceptors (Lipinski definition) is 4. The molecule has 6 nitrogen and oxygen atoms in total. The van der Waals surface area contributed by atoms with Gasteiger partial charge >= 0.3 is 12.1 Å². The molecule has 0 spiro atoms. The van der Waals surface area contributed by atoms with E-state index in [4.69, 9.17) is 9.52 Å². The van der Waals surface area contributed by atoms with E-state index < -0.39 is 23.5 Å². The second kappa shape index (κ2) is 4.68. The first-order valence-electron chi connectivity index (χ1n) is 4.77.